The van der Waals surface area contributed by atoms with Crippen LogP contribution in [0, 0.1) is 13.8 Å². The summed E-state index contributed by atoms with van der Waals surface area (Å²) in [5.41, 5.74) is 6.40. The summed E-state index contributed by atoms with van der Waals surface area (Å²) in [6.07, 6.45) is 4.26. The minimum Gasteiger partial charge on any atom is -0.372 e. The number of benzene rings is 2. The van der Waals surface area contributed by atoms with Crippen LogP contribution in [-0.2, 0) is 11.3 Å². The Morgan fingerprint density at radius 3 is 2.50 bits per heavy atom. The van der Waals surface area contributed by atoms with Crippen LogP contribution in [0.2, 0.25) is 0 Å². The third kappa shape index (κ3) is 3.29. The fourth-order valence-corrected chi connectivity index (χ4v) is 3.53. The van der Waals surface area contributed by atoms with Gasteiger partial charge in [0.15, 0.2) is 0 Å². The highest BCUT2D eigenvalue weighted by Crippen LogP contribution is 2.22. The van der Waals surface area contributed by atoms with E-state index >= 15 is 0 Å². The zero-order valence-electron chi connectivity index (χ0n) is 15.3. The predicted octanol–water partition coefficient (Wildman–Crippen LogP) is 3.89. The summed E-state index contributed by atoms with van der Waals surface area (Å²) in [5, 5.41) is 2.98. The van der Waals surface area contributed by atoms with Gasteiger partial charge in [-0.05, 0) is 74.2 Å². The SMILES string of the molecule is Cc1cc2ncn(CC(=O)Nc3ccc(N4CCCC4)cc3)c2cc1C. The van der Waals surface area contributed by atoms with E-state index in [0.29, 0.717) is 0 Å². The number of nitrogens with zero attached hydrogens (tertiary/aromatic N) is 3. The number of carbonyl (C=O) groups excluding carboxylic acids is 1. The molecule has 1 aliphatic heterocycles. The number of carbonyl (C=O) groups is 1. The van der Waals surface area contributed by atoms with Gasteiger partial charge in [0, 0.05) is 24.5 Å². The Bertz CT molecular complexity index is 937. The zero-order valence-corrected chi connectivity index (χ0v) is 15.3. The van der Waals surface area contributed by atoms with E-state index in [1.807, 2.05) is 16.7 Å². The molecule has 0 unspecified atom stereocenters. The van der Waals surface area contributed by atoms with Crippen molar-refractivity contribution in [3.8, 4) is 0 Å². The van der Waals surface area contributed by atoms with E-state index in [-0.39, 0.29) is 12.5 Å². The molecule has 0 radical (unpaired) electrons. The van der Waals surface area contributed by atoms with E-state index in [1.165, 1.54) is 29.7 Å². The van der Waals surface area contributed by atoms with Crippen molar-refractivity contribution < 1.29 is 4.79 Å². The number of aromatic nitrogens is 2. The third-order valence-electron chi connectivity index (χ3n) is 5.17. The molecule has 4 rings (SSSR count). The Balaban J connectivity index is 1.44. The number of aryl methyl sites for hydroxylation is 2. The van der Waals surface area contributed by atoms with Crippen LogP contribution >= 0.6 is 0 Å². The first-order valence-electron chi connectivity index (χ1n) is 9.17. The molecule has 2 heterocycles. The molecule has 1 amide bonds. The third-order valence-corrected chi connectivity index (χ3v) is 5.17. The van der Waals surface area contributed by atoms with Gasteiger partial charge in [-0.15, -0.1) is 0 Å². The molecule has 5 nitrogen and oxygen atoms in total. The second-order valence-corrected chi connectivity index (χ2v) is 7.09. The van der Waals surface area contributed by atoms with Crippen molar-refractivity contribution in [1.82, 2.24) is 9.55 Å². The fraction of sp³-hybridized carbons (Fsp3) is 0.333. The Morgan fingerprint density at radius 2 is 1.77 bits per heavy atom. The van der Waals surface area contributed by atoms with Crippen LogP contribution in [0.25, 0.3) is 11.0 Å². The van der Waals surface area contributed by atoms with Crippen molar-refractivity contribution in [2.45, 2.75) is 33.2 Å². The van der Waals surface area contributed by atoms with Crippen LogP contribution in [0.1, 0.15) is 24.0 Å². The molecule has 1 N–H and O–H groups in total. The first kappa shape index (κ1) is 16.6. The van der Waals surface area contributed by atoms with Crippen molar-refractivity contribution in [2.24, 2.45) is 0 Å². The number of imidazole rings is 1. The largest absolute Gasteiger partial charge is 0.372 e. The normalized spacial score (nSPS) is 14.2. The molecule has 3 aromatic rings. The minimum atomic E-state index is -0.0450. The highest BCUT2D eigenvalue weighted by atomic mass is 16.1. The first-order valence-corrected chi connectivity index (χ1v) is 9.17. The van der Waals surface area contributed by atoms with Crippen LogP contribution < -0.4 is 10.2 Å². The van der Waals surface area contributed by atoms with Gasteiger partial charge in [-0.3, -0.25) is 4.79 Å². The molecule has 0 bridgehead atoms. The highest BCUT2D eigenvalue weighted by molar-refractivity contribution is 5.91. The molecule has 2 aromatic carbocycles. The Morgan fingerprint density at radius 1 is 1.08 bits per heavy atom. The lowest BCUT2D eigenvalue weighted by molar-refractivity contribution is -0.116. The average Bonchev–Trinajstić information content (AvgIpc) is 3.27. The molecule has 0 atom stereocenters. The van der Waals surface area contributed by atoms with Crippen molar-refractivity contribution in [3.63, 3.8) is 0 Å². The summed E-state index contributed by atoms with van der Waals surface area (Å²) in [6.45, 7) is 6.66. The molecule has 0 spiro atoms. The molecule has 1 saturated heterocycles. The lowest BCUT2D eigenvalue weighted by Crippen LogP contribution is -2.19. The summed E-state index contributed by atoms with van der Waals surface area (Å²) in [5.74, 6) is -0.0450. The van der Waals surface area contributed by atoms with E-state index in [1.54, 1.807) is 6.33 Å². The van der Waals surface area contributed by atoms with E-state index < -0.39 is 0 Å². The lowest BCUT2D eigenvalue weighted by Gasteiger charge is -2.17. The molecule has 134 valence electrons. The fourth-order valence-electron chi connectivity index (χ4n) is 3.53. The predicted molar refractivity (Wildman–Crippen MR) is 106 cm³/mol. The molecular weight excluding hydrogens is 324 g/mol. The highest BCUT2D eigenvalue weighted by Gasteiger charge is 2.13. The van der Waals surface area contributed by atoms with Crippen LogP contribution in [0.3, 0.4) is 0 Å². The standard InChI is InChI=1S/C21H24N4O/c1-15-11-19-20(12-16(15)2)25(14-22-19)13-21(26)23-17-5-7-18(8-6-17)24-9-3-4-10-24/h5-8,11-12,14H,3-4,9-10,13H2,1-2H3,(H,23,26). The Kier molecular flexibility index (Phi) is 4.37. The minimum absolute atomic E-state index is 0.0450. The van der Waals surface area contributed by atoms with Gasteiger partial charge < -0.3 is 14.8 Å². The molecule has 0 aliphatic carbocycles. The summed E-state index contributed by atoms with van der Waals surface area (Å²) < 4.78 is 1.90. The summed E-state index contributed by atoms with van der Waals surface area (Å²) in [6, 6.07) is 12.3. The summed E-state index contributed by atoms with van der Waals surface area (Å²) in [7, 11) is 0. The van der Waals surface area contributed by atoms with E-state index in [4.69, 9.17) is 0 Å². The lowest BCUT2D eigenvalue weighted by atomic mass is 10.1. The smallest absolute Gasteiger partial charge is 0.244 e. The van der Waals surface area contributed by atoms with Crippen LogP contribution in [0.15, 0.2) is 42.7 Å². The summed E-state index contributed by atoms with van der Waals surface area (Å²) >= 11 is 0. The number of anilines is 2. The van der Waals surface area contributed by atoms with E-state index in [9.17, 15) is 4.79 Å². The van der Waals surface area contributed by atoms with Gasteiger partial charge in [0.25, 0.3) is 0 Å². The number of nitrogens with one attached hydrogen (secondary N) is 1. The van der Waals surface area contributed by atoms with E-state index in [2.05, 4.69) is 53.3 Å². The number of amides is 1. The number of hydrogen-bond donors (Lipinski definition) is 1. The van der Waals surface area contributed by atoms with Gasteiger partial charge in [0.05, 0.1) is 17.4 Å². The maximum absolute atomic E-state index is 12.4. The quantitative estimate of drug-likeness (QED) is 0.778. The first-order chi connectivity index (χ1) is 12.6. The van der Waals surface area contributed by atoms with Gasteiger partial charge in [0.2, 0.25) is 5.91 Å². The molecule has 1 aromatic heterocycles. The maximum Gasteiger partial charge on any atom is 0.244 e. The second kappa shape index (κ2) is 6.83. The van der Waals surface area contributed by atoms with Crippen LogP contribution in [-0.4, -0.2) is 28.5 Å². The Hall–Kier alpha value is -2.82. The van der Waals surface area contributed by atoms with Gasteiger partial charge in [0.1, 0.15) is 6.54 Å². The van der Waals surface area contributed by atoms with Crippen molar-refractivity contribution in [1.29, 1.82) is 0 Å². The average molecular weight is 348 g/mol. The number of fused-ring (bicyclic) bond motifs is 1. The molecule has 26 heavy (non-hydrogen) atoms. The van der Waals surface area contributed by atoms with Crippen molar-refractivity contribution in [3.05, 3.63) is 53.9 Å². The van der Waals surface area contributed by atoms with E-state index in [0.717, 1.165) is 29.8 Å². The summed E-state index contributed by atoms with van der Waals surface area (Å²) in [4.78, 5) is 19.2. The van der Waals surface area contributed by atoms with Gasteiger partial charge in [-0.2, -0.15) is 0 Å². The van der Waals surface area contributed by atoms with Gasteiger partial charge in [-0.25, -0.2) is 4.98 Å². The Labute approximate surface area is 153 Å². The molecule has 1 aliphatic rings. The number of hydrogen-bond acceptors (Lipinski definition) is 3. The molecule has 0 saturated carbocycles. The van der Waals surface area contributed by atoms with Crippen LogP contribution in [0.4, 0.5) is 11.4 Å². The van der Waals surface area contributed by atoms with Crippen molar-refractivity contribution in [2.75, 3.05) is 23.3 Å². The van der Waals surface area contributed by atoms with Crippen LogP contribution in [0.5, 0.6) is 0 Å². The maximum atomic E-state index is 12.4. The molecule has 1 fully saturated rings. The molecular formula is C21H24N4O. The topological polar surface area (TPSA) is 50.2 Å². The zero-order chi connectivity index (χ0) is 18.1. The monoisotopic (exact) mass is 348 g/mol. The van der Waals surface area contributed by atoms with Gasteiger partial charge >= 0.3 is 0 Å². The van der Waals surface area contributed by atoms with Gasteiger partial charge in [-0.1, -0.05) is 0 Å². The van der Waals surface area contributed by atoms with Crippen molar-refractivity contribution >= 4 is 28.3 Å². The molecule has 5 heteroatoms. The second-order valence-electron chi connectivity index (χ2n) is 7.09. The number of rotatable bonds is 4.